The highest BCUT2D eigenvalue weighted by molar-refractivity contribution is 5.97. The summed E-state index contributed by atoms with van der Waals surface area (Å²) in [7, 11) is 0. The van der Waals surface area contributed by atoms with Crippen LogP contribution in [0.15, 0.2) is 24.3 Å². The fourth-order valence-corrected chi connectivity index (χ4v) is 3.41. The van der Waals surface area contributed by atoms with E-state index in [9.17, 15) is 25.2 Å². The fourth-order valence-electron chi connectivity index (χ4n) is 3.41. The van der Waals surface area contributed by atoms with Crippen LogP contribution in [0, 0.1) is 0 Å². The molecule has 0 heterocycles. The molecular weight excluding hydrogens is 362 g/mol. The third kappa shape index (κ3) is 6.44. The number of aliphatic hydroxyl groups excluding tert-OH is 3. The number of rotatable bonds is 10. The molecule has 1 aromatic rings. The Hall–Kier alpha value is -1.67. The Bertz CT molecular complexity index is 593. The Morgan fingerprint density at radius 2 is 1.61 bits per heavy atom. The van der Waals surface area contributed by atoms with E-state index < -0.39 is 29.8 Å². The van der Waals surface area contributed by atoms with E-state index in [0.717, 1.165) is 12.8 Å². The van der Waals surface area contributed by atoms with Crippen molar-refractivity contribution >= 4 is 11.6 Å². The highest BCUT2D eigenvalue weighted by Crippen LogP contribution is 2.30. The molecule has 0 aliphatic heterocycles. The molecule has 7 heteroatoms. The molecular formula is C21H33NO6. The van der Waals surface area contributed by atoms with Crippen LogP contribution in [0.1, 0.15) is 58.3 Å². The maximum Gasteiger partial charge on any atom is 0.256 e. The van der Waals surface area contributed by atoms with Gasteiger partial charge in [0.2, 0.25) is 0 Å². The number of benzene rings is 1. The zero-order chi connectivity index (χ0) is 20.6. The van der Waals surface area contributed by atoms with Crippen molar-refractivity contribution in [2.45, 2.75) is 82.2 Å². The lowest BCUT2D eigenvalue weighted by atomic mass is 9.79. The average Bonchev–Trinajstić information content (AvgIpc) is 2.66. The number of hydrogen-bond donors (Lipinski definition) is 5. The van der Waals surface area contributed by atoms with Crippen molar-refractivity contribution in [2.24, 2.45) is 0 Å². The van der Waals surface area contributed by atoms with Crippen molar-refractivity contribution in [3.8, 4) is 5.75 Å². The Morgan fingerprint density at radius 3 is 2.21 bits per heavy atom. The second-order valence-electron chi connectivity index (χ2n) is 7.66. The number of unbranched alkanes of at least 4 members (excludes halogenated alkanes) is 5. The number of amides is 1. The van der Waals surface area contributed by atoms with Crippen molar-refractivity contribution in [1.82, 2.24) is 0 Å². The first-order valence-corrected chi connectivity index (χ1v) is 10.2. The van der Waals surface area contributed by atoms with Crippen LogP contribution in [0.25, 0.3) is 0 Å². The van der Waals surface area contributed by atoms with Crippen LogP contribution in [0.2, 0.25) is 0 Å². The third-order valence-electron chi connectivity index (χ3n) is 5.18. The summed E-state index contributed by atoms with van der Waals surface area (Å²) in [5.41, 5.74) is -1.47. The maximum atomic E-state index is 12.4. The Kier molecular flexibility index (Phi) is 8.69. The first-order valence-electron chi connectivity index (χ1n) is 10.2. The summed E-state index contributed by atoms with van der Waals surface area (Å²) in [4.78, 5) is 12.4. The van der Waals surface area contributed by atoms with Gasteiger partial charge in [-0.25, -0.2) is 0 Å². The van der Waals surface area contributed by atoms with Crippen LogP contribution >= 0.6 is 0 Å². The van der Waals surface area contributed by atoms with Gasteiger partial charge in [-0.05, 0) is 30.7 Å². The monoisotopic (exact) mass is 395 g/mol. The van der Waals surface area contributed by atoms with Crippen LogP contribution in [-0.2, 0) is 4.79 Å². The molecule has 1 amide bonds. The lowest BCUT2D eigenvalue weighted by Crippen LogP contribution is -2.57. The highest BCUT2D eigenvalue weighted by atomic mass is 16.5. The molecule has 0 spiro atoms. The molecule has 28 heavy (non-hydrogen) atoms. The van der Waals surface area contributed by atoms with Gasteiger partial charge in [-0.15, -0.1) is 0 Å². The van der Waals surface area contributed by atoms with Crippen molar-refractivity contribution in [3.05, 3.63) is 24.3 Å². The van der Waals surface area contributed by atoms with Gasteiger partial charge in [0.15, 0.2) is 0 Å². The Morgan fingerprint density at radius 1 is 1.04 bits per heavy atom. The standard InChI is InChI=1S/C21H33NO6/c1-2-3-4-5-6-7-12-28-16-10-8-15(9-11-16)22-20(26)21(27)13-17(23)19(25)18(24)14-21/h8-11,17-19,23-25,27H,2-7,12-14H2,1H3,(H,22,26)/t17-,18-,19?,21?/m1/s1. The molecule has 5 N–H and O–H groups in total. The third-order valence-corrected chi connectivity index (χ3v) is 5.18. The molecule has 0 bridgehead atoms. The summed E-state index contributed by atoms with van der Waals surface area (Å²) >= 11 is 0. The summed E-state index contributed by atoms with van der Waals surface area (Å²) < 4.78 is 5.69. The van der Waals surface area contributed by atoms with E-state index in [1.165, 1.54) is 25.7 Å². The molecule has 158 valence electrons. The van der Waals surface area contributed by atoms with Gasteiger partial charge in [0.1, 0.15) is 17.5 Å². The van der Waals surface area contributed by atoms with E-state index in [-0.39, 0.29) is 12.8 Å². The number of aliphatic hydroxyl groups is 4. The summed E-state index contributed by atoms with van der Waals surface area (Å²) in [5, 5.41) is 42.1. The van der Waals surface area contributed by atoms with Crippen LogP contribution in [0.4, 0.5) is 5.69 Å². The molecule has 1 aliphatic rings. The Labute approximate surface area is 166 Å². The molecule has 1 aliphatic carbocycles. The minimum atomic E-state index is -1.94. The number of carbonyl (C=O) groups excluding carboxylic acids is 1. The topological polar surface area (TPSA) is 119 Å². The number of anilines is 1. The zero-order valence-corrected chi connectivity index (χ0v) is 16.5. The zero-order valence-electron chi connectivity index (χ0n) is 16.5. The van der Waals surface area contributed by atoms with E-state index in [2.05, 4.69) is 12.2 Å². The van der Waals surface area contributed by atoms with E-state index in [4.69, 9.17) is 4.74 Å². The number of ether oxygens (including phenoxy) is 1. The summed E-state index contributed by atoms with van der Waals surface area (Å²) in [6.45, 7) is 2.84. The largest absolute Gasteiger partial charge is 0.494 e. The number of hydrogen-bond acceptors (Lipinski definition) is 6. The smallest absolute Gasteiger partial charge is 0.256 e. The first-order chi connectivity index (χ1) is 13.4. The normalized spacial score (nSPS) is 27.4. The highest BCUT2D eigenvalue weighted by Gasteiger charge is 2.48. The molecule has 2 rings (SSSR count). The fraction of sp³-hybridized carbons (Fsp3) is 0.667. The maximum absolute atomic E-state index is 12.4. The lowest BCUT2D eigenvalue weighted by Gasteiger charge is -2.39. The second-order valence-corrected chi connectivity index (χ2v) is 7.66. The SMILES string of the molecule is CCCCCCCCOc1ccc(NC(=O)C2(O)C[C@@H](O)C(O)[C@H](O)C2)cc1. The van der Waals surface area contributed by atoms with Gasteiger partial charge in [-0.3, -0.25) is 4.79 Å². The van der Waals surface area contributed by atoms with E-state index in [0.29, 0.717) is 18.0 Å². The summed E-state index contributed by atoms with van der Waals surface area (Å²) in [6.07, 6.45) is 2.40. The molecule has 1 aromatic carbocycles. The molecule has 0 aromatic heterocycles. The molecule has 0 unspecified atom stereocenters. The number of nitrogens with one attached hydrogen (secondary N) is 1. The second kappa shape index (κ2) is 10.8. The van der Waals surface area contributed by atoms with Crippen molar-refractivity contribution in [3.63, 3.8) is 0 Å². The first kappa shape index (κ1) is 22.6. The van der Waals surface area contributed by atoms with Crippen LogP contribution in [0.3, 0.4) is 0 Å². The summed E-state index contributed by atoms with van der Waals surface area (Å²) in [5.74, 6) is -0.0184. The van der Waals surface area contributed by atoms with Crippen LogP contribution in [0.5, 0.6) is 5.75 Å². The van der Waals surface area contributed by atoms with Crippen molar-refractivity contribution in [1.29, 1.82) is 0 Å². The lowest BCUT2D eigenvalue weighted by molar-refractivity contribution is -0.168. The van der Waals surface area contributed by atoms with E-state index >= 15 is 0 Å². The predicted molar refractivity (Wildman–Crippen MR) is 106 cm³/mol. The summed E-state index contributed by atoms with van der Waals surface area (Å²) in [6, 6.07) is 6.82. The number of carbonyl (C=O) groups is 1. The van der Waals surface area contributed by atoms with Gasteiger partial charge >= 0.3 is 0 Å². The minimum Gasteiger partial charge on any atom is -0.494 e. The van der Waals surface area contributed by atoms with E-state index in [1.54, 1.807) is 24.3 Å². The predicted octanol–water partition coefficient (Wildman–Crippen LogP) is 1.97. The van der Waals surface area contributed by atoms with Gasteiger partial charge in [0, 0.05) is 18.5 Å². The molecule has 7 nitrogen and oxygen atoms in total. The van der Waals surface area contributed by atoms with Crippen molar-refractivity contribution < 1.29 is 30.0 Å². The van der Waals surface area contributed by atoms with Gasteiger partial charge in [-0.2, -0.15) is 0 Å². The van der Waals surface area contributed by atoms with Gasteiger partial charge < -0.3 is 30.5 Å². The Balaban J connectivity index is 1.78. The molecule has 0 saturated heterocycles. The molecule has 1 saturated carbocycles. The average molecular weight is 395 g/mol. The quantitative estimate of drug-likeness (QED) is 0.387. The molecule has 1 fully saturated rings. The molecule has 2 atom stereocenters. The van der Waals surface area contributed by atoms with Crippen LogP contribution < -0.4 is 10.1 Å². The van der Waals surface area contributed by atoms with Gasteiger partial charge in [-0.1, -0.05) is 39.0 Å². The van der Waals surface area contributed by atoms with Crippen LogP contribution in [-0.4, -0.2) is 56.9 Å². The minimum absolute atomic E-state index is 0.337. The van der Waals surface area contributed by atoms with Gasteiger partial charge in [0.05, 0.1) is 18.8 Å². The van der Waals surface area contributed by atoms with Gasteiger partial charge in [0.25, 0.3) is 5.91 Å². The van der Waals surface area contributed by atoms with Crippen molar-refractivity contribution in [2.75, 3.05) is 11.9 Å². The molecule has 0 radical (unpaired) electrons. The van der Waals surface area contributed by atoms with E-state index in [1.807, 2.05) is 0 Å².